The highest BCUT2D eigenvalue weighted by atomic mass is 16.2. The maximum Gasteiger partial charge on any atom is 0.254 e. The topological polar surface area (TPSA) is 40.5 Å². The Kier molecular flexibility index (Phi) is 5.83. The Morgan fingerprint density at radius 3 is 2.52 bits per heavy atom. The largest absolute Gasteiger partial charge is 0.384 e. The van der Waals surface area contributed by atoms with Crippen LogP contribution in [-0.4, -0.2) is 35.6 Å². The summed E-state index contributed by atoms with van der Waals surface area (Å²) >= 11 is 0. The van der Waals surface area contributed by atoms with Crippen molar-refractivity contribution >= 4 is 5.91 Å². The summed E-state index contributed by atoms with van der Waals surface area (Å²) < 4.78 is 0. The molecule has 1 saturated heterocycles. The van der Waals surface area contributed by atoms with Gasteiger partial charge in [-0.05, 0) is 37.5 Å². The zero-order valence-electron chi connectivity index (χ0n) is 12.7. The van der Waals surface area contributed by atoms with Gasteiger partial charge < -0.3 is 10.0 Å². The lowest BCUT2D eigenvalue weighted by molar-refractivity contribution is 0.0741. The number of carbonyl (C=O) groups excluding carboxylic acids is 1. The summed E-state index contributed by atoms with van der Waals surface area (Å²) in [6.07, 6.45) is 5.90. The number of amides is 1. The zero-order chi connectivity index (χ0) is 15.1. The molecule has 0 atom stereocenters. The van der Waals surface area contributed by atoms with Crippen LogP contribution in [0, 0.1) is 18.8 Å². The van der Waals surface area contributed by atoms with E-state index in [9.17, 15) is 4.79 Å². The molecule has 1 heterocycles. The van der Waals surface area contributed by atoms with Gasteiger partial charge in [-0.1, -0.05) is 37.2 Å². The Morgan fingerprint density at radius 2 is 1.86 bits per heavy atom. The van der Waals surface area contributed by atoms with Crippen LogP contribution in [0.5, 0.6) is 0 Å². The number of carbonyl (C=O) groups is 1. The highest BCUT2D eigenvalue weighted by Crippen LogP contribution is 2.18. The van der Waals surface area contributed by atoms with Crippen LogP contribution in [0.15, 0.2) is 18.2 Å². The lowest BCUT2D eigenvalue weighted by Crippen LogP contribution is -2.34. The highest BCUT2D eigenvalue weighted by molar-refractivity contribution is 5.96. The third kappa shape index (κ3) is 4.09. The summed E-state index contributed by atoms with van der Waals surface area (Å²) in [4.78, 5) is 14.7. The van der Waals surface area contributed by atoms with E-state index in [2.05, 4.69) is 11.8 Å². The van der Waals surface area contributed by atoms with Crippen LogP contribution >= 0.6 is 0 Å². The summed E-state index contributed by atoms with van der Waals surface area (Å²) in [7, 11) is 0. The monoisotopic (exact) mass is 285 g/mol. The molecule has 0 aliphatic carbocycles. The standard InChI is InChI=1S/C18H23NO2/c1-15-16(10-8-14-20)9-7-11-17(15)18(21)19-12-5-3-2-4-6-13-19/h7,9,11,20H,2-6,12-14H2,1H3. The minimum atomic E-state index is -0.163. The predicted molar refractivity (Wildman–Crippen MR) is 84.1 cm³/mol. The summed E-state index contributed by atoms with van der Waals surface area (Å²) in [5, 5.41) is 8.81. The maximum atomic E-state index is 12.7. The molecule has 2 rings (SSSR count). The van der Waals surface area contributed by atoms with Crippen molar-refractivity contribution in [3.05, 3.63) is 34.9 Å². The molecule has 21 heavy (non-hydrogen) atoms. The lowest BCUT2D eigenvalue weighted by Gasteiger charge is -2.25. The van der Waals surface area contributed by atoms with Crippen LogP contribution in [0.4, 0.5) is 0 Å². The number of rotatable bonds is 1. The zero-order valence-corrected chi connectivity index (χ0v) is 12.7. The van der Waals surface area contributed by atoms with E-state index < -0.39 is 0 Å². The predicted octanol–water partition coefficient (Wildman–Crippen LogP) is 2.75. The molecule has 3 heteroatoms. The smallest absolute Gasteiger partial charge is 0.254 e. The van der Waals surface area contributed by atoms with Gasteiger partial charge in [-0.15, -0.1) is 0 Å². The molecule has 1 aromatic rings. The van der Waals surface area contributed by atoms with Crippen molar-refractivity contribution in [3.63, 3.8) is 0 Å². The molecule has 1 fully saturated rings. The number of benzene rings is 1. The van der Waals surface area contributed by atoms with Gasteiger partial charge >= 0.3 is 0 Å². The summed E-state index contributed by atoms with van der Waals surface area (Å²) in [6.45, 7) is 3.47. The molecule has 1 aromatic carbocycles. The first-order valence-corrected chi connectivity index (χ1v) is 7.72. The van der Waals surface area contributed by atoms with Crippen molar-refractivity contribution in [2.75, 3.05) is 19.7 Å². The lowest BCUT2D eigenvalue weighted by atomic mass is 10.0. The first kappa shape index (κ1) is 15.6. The molecular formula is C18H23NO2. The van der Waals surface area contributed by atoms with Gasteiger partial charge in [0.25, 0.3) is 5.91 Å². The van der Waals surface area contributed by atoms with Crippen LogP contribution in [0.3, 0.4) is 0 Å². The Labute approximate surface area is 127 Å². The number of aliphatic hydroxyl groups is 1. The van der Waals surface area contributed by atoms with E-state index in [1.54, 1.807) is 0 Å². The van der Waals surface area contributed by atoms with Gasteiger partial charge in [0.2, 0.25) is 0 Å². The number of likely N-dealkylation sites (tertiary alicyclic amines) is 1. The van der Waals surface area contributed by atoms with E-state index in [4.69, 9.17) is 5.11 Å². The molecule has 1 amide bonds. The van der Waals surface area contributed by atoms with E-state index in [0.717, 1.165) is 42.6 Å². The van der Waals surface area contributed by atoms with Crippen LogP contribution in [-0.2, 0) is 0 Å². The second-order valence-corrected chi connectivity index (χ2v) is 5.50. The number of nitrogens with zero attached hydrogens (tertiary/aromatic N) is 1. The quantitative estimate of drug-likeness (QED) is 0.806. The Bertz CT molecular complexity index is 546. The Morgan fingerprint density at radius 1 is 1.19 bits per heavy atom. The molecule has 0 saturated carbocycles. The number of aliphatic hydroxyl groups excluding tert-OH is 1. The third-order valence-electron chi connectivity index (χ3n) is 4.01. The summed E-state index contributed by atoms with van der Waals surface area (Å²) in [5.41, 5.74) is 2.47. The van der Waals surface area contributed by atoms with Gasteiger partial charge in [0, 0.05) is 24.2 Å². The van der Waals surface area contributed by atoms with Gasteiger partial charge in [-0.25, -0.2) is 0 Å². The van der Waals surface area contributed by atoms with E-state index in [-0.39, 0.29) is 12.5 Å². The second kappa shape index (κ2) is 7.85. The molecule has 0 unspecified atom stereocenters. The van der Waals surface area contributed by atoms with Crippen molar-refractivity contribution < 1.29 is 9.90 Å². The van der Waals surface area contributed by atoms with Crippen LogP contribution in [0.25, 0.3) is 0 Å². The SMILES string of the molecule is Cc1c(C#CCO)cccc1C(=O)N1CCCCCCC1. The van der Waals surface area contributed by atoms with Crippen LogP contribution in [0.2, 0.25) is 0 Å². The normalized spacial score (nSPS) is 15.6. The molecule has 0 spiro atoms. The number of hydrogen-bond donors (Lipinski definition) is 1. The van der Waals surface area contributed by atoms with Crippen LogP contribution < -0.4 is 0 Å². The molecule has 1 aliphatic heterocycles. The van der Waals surface area contributed by atoms with Crippen molar-refractivity contribution in [1.29, 1.82) is 0 Å². The first-order chi connectivity index (χ1) is 10.2. The van der Waals surface area contributed by atoms with Crippen molar-refractivity contribution in [3.8, 4) is 11.8 Å². The maximum absolute atomic E-state index is 12.7. The molecular weight excluding hydrogens is 262 g/mol. The fraction of sp³-hybridized carbons (Fsp3) is 0.500. The third-order valence-corrected chi connectivity index (χ3v) is 4.01. The van der Waals surface area contributed by atoms with Crippen LogP contribution in [0.1, 0.15) is 53.6 Å². The van der Waals surface area contributed by atoms with Crippen molar-refractivity contribution in [2.24, 2.45) is 0 Å². The molecule has 3 nitrogen and oxygen atoms in total. The average molecular weight is 285 g/mol. The first-order valence-electron chi connectivity index (χ1n) is 7.72. The Hall–Kier alpha value is -1.79. The summed E-state index contributed by atoms with van der Waals surface area (Å²) in [6, 6.07) is 5.63. The second-order valence-electron chi connectivity index (χ2n) is 5.50. The van der Waals surface area contributed by atoms with E-state index in [1.807, 2.05) is 30.0 Å². The van der Waals surface area contributed by atoms with Gasteiger partial charge in [0.15, 0.2) is 0 Å². The average Bonchev–Trinajstić information content (AvgIpc) is 2.45. The molecule has 1 aliphatic rings. The molecule has 112 valence electrons. The van der Waals surface area contributed by atoms with E-state index in [1.165, 1.54) is 19.3 Å². The van der Waals surface area contributed by atoms with Gasteiger partial charge in [-0.3, -0.25) is 4.79 Å². The fourth-order valence-electron chi connectivity index (χ4n) is 2.76. The minimum Gasteiger partial charge on any atom is -0.384 e. The van der Waals surface area contributed by atoms with Gasteiger partial charge in [-0.2, -0.15) is 0 Å². The molecule has 0 bridgehead atoms. The number of hydrogen-bond acceptors (Lipinski definition) is 2. The highest BCUT2D eigenvalue weighted by Gasteiger charge is 2.19. The van der Waals surface area contributed by atoms with Gasteiger partial charge in [0.05, 0.1) is 0 Å². The Balaban J connectivity index is 2.21. The summed E-state index contributed by atoms with van der Waals surface area (Å²) in [5.74, 6) is 5.68. The van der Waals surface area contributed by atoms with E-state index in [0.29, 0.717) is 0 Å². The minimum absolute atomic E-state index is 0.113. The molecule has 0 radical (unpaired) electrons. The van der Waals surface area contributed by atoms with Crippen molar-refractivity contribution in [2.45, 2.75) is 39.0 Å². The van der Waals surface area contributed by atoms with E-state index >= 15 is 0 Å². The molecule has 0 aromatic heterocycles. The molecule has 1 N–H and O–H groups in total. The van der Waals surface area contributed by atoms with Gasteiger partial charge in [0.1, 0.15) is 6.61 Å². The van der Waals surface area contributed by atoms with Crippen molar-refractivity contribution in [1.82, 2.24) is 4.90 Å². The fourth-order valence-corrected chi connectivity index (χ4v) is 2.76.